The average Bonchev–Trinajstić information content (AvgIpc) is 2.61. The third kappa shape index (κ3) is 5.47. The molecule has 0 radical (unpaired) electrons. The fourth-order valence-electron chi connectivity index (χ4n) is 2.09. The van der Waals surface area contributed by atoms with Gasteiger partial charge in [-0.15, -0.1) is 0 Å². The van der Waals surface area contributed by atoms with Crippen LogP contribution in [0.3, 0.4) is 0 Å². The Morgan fingerprint density at radius 1 is 1.12 bits per heavy atom. The molecule has 1 N–H and O–H groups in total. The zero-order valence-electron chi connectivity index (χ0n) is 15.0. The minimum atomic E-state index is -0.783. The highest BCUT2D eigenvalue weighted by Crippen LogP contribution is 2.25. The first kappa shape index (κ1) is 19.2. The topological polar surface area (TPSA) is 90.7 Å². The third-order valence-electron chi connectivity index (χ3n) is 3.45. The van der Waals surface area contributed by atoms with E-state index in [1.807, 2.05) is 19.9 Å². The number of hydrogen-bond acceptors (Lipinski definition) is 5. The van der Waals surface area contributed by atoms with Crippen LogP contribution in [0.25, 0.3) is 0 Å². The number of anilines is 1. The molecule has 138 valence electrons. The number of nitro groups is 1. The molecule has 7 nitrogen and oxygen atoms in total. The van der Waals surface area contributed by atoms with Gasteiger partial charge in [0.1, 0.15) is 11.5 Å². The van der Waals surface area contributed by atoms with Gasteiger partial charge in [0.05, 0.1) is 17.2 Å². The van der Waals surface area contributed by atoms with Gasteiger partial charge in [-0.05, 0) is 37.1 Å². The third-order valence-corrected chi connectivity index (χ3v) is 3.45. The number of nitrogens with zero attached hydrogens (tertiary/aromatic N) is 1. The molecule has 0 aliphatic rings. The molecular formula is C19H22N2O5. The maximum Gasteiger partial charge on any atom is 0.269 e. The number of hydrogen-bond donors (Lipinski definition) is 1. The molecule has 0 heterocycles. The van der Waals surface area contributed by atoms with Crippen LogP contribution in [-0.2, 0) is 4.79 Å². The molecule has 0 fully saturated rings. The quantitative estimate of drug-likeness (QED) is 0.568. The molecule has 2 aromatic rings. The number of amides is 1. The van der Waals surface area contributed by atoms with Gasteiger partial charge in [-0.2, -0.15) is 0 Å². The lowest BCUT2D eigenvalue weighted by atomic mass is 10.2. The monoisotopic (exact) mass is 358 g/mol. The van der Waals surface area contributed by atoms with Gasteiger partial charge < -0.3 is 14.8 Å². The first-order chi connectivity index (χ1) is 12.4. The highest BCUT2D eigenvalue weighted by molar-refractivity contribution is 5.95. The first-order valence-electron chi connectivity index (χ1n) is 8.30. The van der Waals surface area contributed by atoms with Crippen molar-refractivity contribution >= 4 is 17.3 Å². The van der Waals surface area contributed by atoms with Gasteiger partial charge in [-0.3, -0.25) is 14.9 Å². The Labute approximate surface area is 152 Å². The summed E-state index contributed by atoms with van der Waals surface area (Å²) in [5.74, 6) is 0.992. The zero-order valence-corrected chi connectivity index (χ0v) is 15.0. The van der Waals surface area contributed by atoms with E-state index in [2.05, 4.69) is 5.32 Å². The van der Waals surface area contributed by atoms with Crippen LogP contribution in [0.4, 0.5) is 11.4 Å². The molecule has 0 aliphatic carbocycles. The summed E-state index contributed by atoms with van der Waals surface area (Å²) in [5, 5.41) is 13.4. The van der Waals surface area contributed by atoms with E-state index < -0.39 is 11.0 Å². The predicted molar refractivity (Wildman–Crippen MR) is 98.6 cm³/mol. The fourth-order valence-corrected chi connectivity index (χ4v) is 2.09. The summed E-state index contributed by atoms with van der Waals surface area (Å²) in [7, 11) is 0. The second-order valence-corrected chi connectivity index (χ2v) is 6.20. The number of carbonyl (C=O) groups excluding carboxylic acids is 1. The van der Waals surface area contributed by atoms with Crippen LogP contribution in [0.1, 0.15) is 20.8 Å². The number of non-ortho nitro benzene ring substituents is 1. The van der Waals surface area contributed by atoms with Crippen LogP contribution >= 0.6 is 0 Å². The number of benzene rings is 2. The Hall–Kier alpha value is -3.09. The second-order valence-electron chi connectivity index (χ2n) is 6.20. The molecule has 0 saturated heterocycles. The van der Waals surface area contributed by atoms with E-state index in [4.69, 9.17) is 9.47 Å². The van der Waals surface area contributed by atoms with Crippen LogP contribution in [0.2, 0.25) is 0 Å². The van der Waals surface area contributed by atoms with Gasteiger partial charge in [0.2, 0.25) is 0 Å². The van der Waals surface area contributed by atoms with Crippen molar-refractivity contribution in [2.75, 3.05) is 11.9 Å². The Balaban J connectivity index is 1.99. The molecular weight excluding hydrogens is 336 g/mol. The number of rotatable bonds is 8. The summed E-state index contributed by atoms with van der Waals surface area (Å²) in [6.07, 6.45) is -0.783. The lowest BCUT2D eigenvalue weighted by Gasteiger charge is -2.17. The van der Waals surface area contributed by atoms with E-state index >= 15 is 0 Å². The van der Waals surface area contributed by atoms with Gasteiger partial charge in [-0.1, -0.05) is 26.0 Å². The van der Waals surface area contributed by atoms with Crippen molar-refractivity contribution in [3.05, 3.63) is 58.6 Å². The average molecular weight is 358 g/mol. The fraction of sp³-hybridized carbons (Fsp3) is 0.316. The van der Waals surface area contributed by atoms with Crippen LogP contribution in [0.15, 0.2) is 48.5 Å². The highest BCUT2D eigenvalue weighted by atomic mass is 16.6. The molecule has 1 unspecified atom stereocenters. The molecule has 0 aliphatic heterocycles. The van der Waals surface area contributed by atoms with Gasteiger partial charge in [-0.25, -0.2) is 0 Å². The van der Waals surface area contributed by atoms with Crippen LogP contribution < -0.4 is 14.8 Å². The molecule has 0 saturated carbocycles. The summed E-state index contributed by atoms with van der Waals surface area (Å²) >= 11 is 0. The number of ether oxygens (including phenoxy) is 2. The SMILES string of the molecule is CC(C)COc1ccccc1NC(=O)C(C)Oc1ccc([N+](=O)[O-])cc1. The lowest BCUT2D eigenvalue weighted by molar-refractivity contribution is -0.384. The lowest BCUT2D eigenvalue weighted by Crippen LogP contribution is -2.30. The second kappa shape index (κ2) is 8.84. The molecule has 1 amide bonds. The van der Waals surface area contributed by atoms with Crippen molar-refractivity contribution in [1.82, 2.24) is 0 Å². The Bertz CT molecular complexity index is 759. The minimum Gasteiger partial charge on any atom is -0.491 e. The molecule has 26 heavy (non-hydrogen) atoms. The van der Waals surface area contributed by atoms with E-state index in [0.717, 1.165) is 0 Å². The van der Waals surface area contributed by atoms with E-state index in [0.29, 0.717) is 29.7 Å². The van der Waals surface area contributed by atoms with Crippen molar-refractivity contribution in [2.45, 2.75) is 26.9 Å². The maximum absolute atomic E-state index is 12.4. The summed E-state index contributed by atoms with van der Waals surface area (Å²) < 4.78 is 11.3. The van der Waals surface area contributed by atoms with E-state index in [-0.39, 0.29) is 11.6 Å². The van der Waals surface area contributed by atoms with Crippen LogP contribution in [-0.4, -0.2) is 23.5 Å². The first-order valence-corrected chi connectivity index (χ1v) is 8.30. The summed E-state index contributed by atoms with van der Waals surface area (Å²) in [6.45, 7) is 6.23. The minimum absolute atomic E-state index is 0.0364. The van der Waals surface area contributed by atoms with E-state index in [1.54, 1.807) is 25.1 Å². The highest BCUT2D eigenvalue weighted by Gasteiger charge is 2.17. The predicted octanol–water partition coefficient (Wildman–Crippen LogP) is 4.04. The van der Waals surface area contributed by atoms with Gasteiger partial charge in [0.15, 0.2) is 6.10 Å². The van der Waals surface area contributed by atoms with Crippen molar-refractivity contribution in [3.63, 3.8) is 0 Å². The number of carbonyl (C=O) groups is 1. The Morgan fingerprint density at radius 2 is 1.77 bits per heavy atom. The molecule has 0 aromatic heterocycles. The normalized spacial score (nSPS) is 11.7. The van der Waals surface area contributed by atoms with Crippen molar-refractivity contribution in [1.29, 1.82) is 0 Å². The van der Waals surface area contributed by atoms with E-state index in [1.165, 1.54) is 24.3 Å². The van der Waals surface area contributed by atoms with Crippen LogP contribution in [0.5, 0.6) is 11.5 Å². The molecule has 0 bridgehead atoms. The maximum atomic E-state index is 12.4. The standard InChI is InChI=1S/C19H22N2O5/c1-13(2)12-25-18-7-5-4-6-17(18)20-19(22)14(3)26-16-10-8-15(9-11-16)21(23)24/h4-11,13-14H,12H2,1-3H3,(H,20,22). The molecule has 2 aromatic carbocycles. The molecule has 1 atom stereocenters. The summed E-state index contributed by atoms with van der Waals surface area (Å²) in [4.78, 5) is 22.6. The van der Waals surface area contributed by atoms with Crippen LogP contribution in [0, 0.1) is 16.0 Å². The summed E-state index contributed by atoms with van der Waals surface area (Å²) in [6, 6.07) is 12.8. The molecule has 7 heteroatoms. The Morgan fingerprint density at radius 3 is 2.38 bits per heavy atom. The molecule has 0 spiro atoms. The van der Waals surface area contributed by atoms with Crippen molar-refractivity contribution in [3.8, 4) is 11.5 Å². The Kier molecular flexibility index (Phi) is 6.54. The zero-order chi connectivity index (χ0) is 19.1. The van der Waals surface area contributed by atoms with Gasteiger partial charge in [0, 0.05) is 12.1 Å². The number of nitro benzene ring substituents is 1. The number of para-hydroxylation sites is 2. The summed E-state index contributed by atoms with van der Waals surface area (Å²) in [5.41, 5.74) is 0.531. The smallest absolute Gasteiger partial charge is 0.269 e. The van der Waals surface area contributed by atoms with Crippen molar-refractivity contribution in [2.24, 2.45) is 5.92 Å². The van der Waals surface area contributed by atoms with Gasteiger partial charge in [0.25, 0.3) is 11.6 Å². The van der Waals surface area contributed by atoms with Crippen molar-refractivity contribution < 1.29 is 19.2 Å². The largest absolute Gasteiger partial charge is 0.491 e. The number of nitrogens with one attached hydrogen (secondary N) is 1. The van der Waals surface area contributed by atoms with Gasteiger partial charge >= 0.3 is 0 Å². The molecule has 2 rings (SSSR count). The van der Waals surface area contributed by atoms with E-state index in [9.17, 15) is 14.9 Å².